The summed E-state index contributed by atoms with van der Waals surface area (Å²) in [5, 5.41) is 3.51. The van der Waals surface area contributed by atoms with Crippen LogP contribution in [0, 0.1) is 0 Å². The fourth-order valence-electron chi connectivity index (χ4n) is 1.56. The van der Waals surface area contributed by atoms with E-state index in [0.29, 0.717) is 6.04 Å². The van der Waals surface area contributed by atoms with E-state index in [1.807, 2.05) is 12.1 Å². The van der Waals surface area contributed by atoms with Gasteiger partial charge in [-0.05, 0) is 25.0 Å². The molecule has 0 aliphatic rings. The maximum atomic E-state index is 5.27. The van der Waals surface area contributed by atoms with Crippen LogP contribution in [0.15, 0.2) is 22.8 Å². The molecule has 0 amide bonds. The SMILES string of the molecule is CCCC[C@H](CC)NCc1ccco1. The molecule has 1 aromatic rings. The van der Waals surface area contributed by atoms with Crippen molar-refractivity contribution >= 4 is 0 Å². The van der Waals surface area contributed by atoms with Crippen LogP contribution in [0.5, 0.6) is 0 Å². The second-order valence-corrected chi connectivity index (χ2v) is 3.71. The normalized spacial score (nSPS) is 13.0. The molecular weight excluding hydrogens is 174 g/mol. The molecule has 0 unspecified atom stereocenters. The molecule has 1 heterocycles. The van der Waals surface area contributed by atoms with Gasteiger partial charge in [0.05, 0.1) is 12.8 Å². The molecule has 0 radical (unpaired) electrons. The lowest BCUT2D eigenvalue weighted by Gasteiger charge is -2.15. The highest BCUT2D eigenvalue weighted by molar-refractivity contribution is 4.97. The molecule has 0 spiro atoms. The molecule has 0 fully saturated rings. The van der Waals surface area contributed by atoms with Crippen LogP contribution >= 0.6 is 0 Å². The summed E-state index contributed by atoms with van der Waals surface area (Å²) >= 11 is 0. The van der Waals surface area contributed by atoms with Crippen LogP contribution < -0.4 is 5.32 Å². The smallest absolute Gasteiger partial charge is 0.117 e. The zero-order chi connectivity index (χ0) is 10.2. The van der Waals surface area contributed by atoms with E-state index in [1.165, 1.54) is 25.7 Å². The molecule has 1 rings (SSSR count). The molecule has 0 bridgehead atoms. The number of furan rings is 1. The Morgan fingerprint density at radius 1 is 1.43 bits per heavy atom. The van der Waals surface area contributed by atoms with E-state index in [1.54, 1.807) is 6.26 Å². The summed E-state index contributed by atoms with van der Waals surface area (Å²) in [5.74, 6) is 1.03. The van der Waals surface area contributed by atoms with Gasteiger partial charge >= 0.3 is 0 Å². The lowest BCUT2D eigenvalue weighted by molar-refractivity contribution is 0.413. The summed E-state index contributed by atoms with van der Waals surface area (Å²) in [6, 6.07) is 4.59. The molecule has 0 saturated carbocycles. The summed E-state index contributed by atoms with van der Waals surface area (Å²) in [4.78, 5) is 0. The van der Waals surface area contributed by atoms with Gasteiger partial charge in [0.2, 0.25) is 0 Å². The minimum atomic E-state index is 0.639. The summed E-state index contributed by atoms with van der Waals surface area (Å²) in [6.07, 6.45) is 6.78. The Morgan fingerprint density at radius 2 is 2.29 bits per heavy atom. The molecule has 1 N–H and O–H groups in total. The monoisotopic (exact) mass is 195 g/mol. The second kappa shape index (κ2) is 6.66. The fourth-order valence-corrected chi connectivity index (χ4v) is 1.56. The lowest BCUT2D eigenvalue weighted by atomic mass is 10.1. The van der Waals surface area contributed by atoms with E-state index in [0.717, 1.165) is 12.3 Å². The van der Waals surface area contributed by atoms with Crippen LogP contribution in [0.3, 0.4) is 0 Å². The van der Waals surface area contributed by atoms with Gasteiger partial charge in [0.25, 0.3) is 0 Å². The first kappa shape index (κ1) is 11.3. The minimum Gasteiger partial charge on any atom is -0.468 e. The van der Waals surface area contributed by atoms with Crippen molar-refractivity contribution in [2.24, 2.45) is 0 Å². The largest absolute Gasteiger partial charge is 0.468 e. The third-order valence-electron chi connectivity index (χ3n) is 2.54. The number of hydrogen-bond acceptors (Lipinski definition) is 2. The standard InChI is InChI=1S/C12H21NO/c1-3-5-7-11(4-2)13-10-12-8-6-9-14-12/h6,8-9,11,13H,3-5,7,10H2,1-2H3/t11-/m0/s1. The summed E-state index contributed by atoms with van der Waals surface area (Å²) in [5.41, 5.74) is 0. The van der Waals surface area contributed by atoms with Gasteiger partial charge < -0.3 is 9.73 Å². The predicted octanol–water partition coefficient (Wildman–Crippen LogP) is 3.34. The zero-order valence-electron chi connectivity index (χ0n) is 9.25. The predicted molar refractivity (Wildman–Crippen MR) is 59.2 cm³/mol. The van der Waals surface area contributed by atoms with Crippen molar-refractivity contribution in [3.05, 3.63) is 24.2 Å². The molecule has 0 aliphatic carbocycles. The Labute approximate surface area is 86.7 Å². The molecule has 0 aromatic carbocycles. The number of rotatable bonds is 7. The van der Waals surface area contributed by atoms with Crippen LogP contribution in [-0.2, 0) is 6.54 Å². The molecule has 1 atom stereocenters. The van der Waals surface area contributed by atoms with Crippen LogP contribution in [0.1, 0.15) is 45.3 Å². The van der Waals surface area contributed by atoms with Crippen molar-refractivity contribution in [3.63, 3.8) is 0 Å². The van der Waals surface area contributed by atoms with Crippen molar-refractivity contribution < 1.29 is 4.42 Å². The summed E-state index contributed by atoms with van der Waals surface area (Å²) in [7, 11) is 0. The average molecular weight is 195 g/mol. The minimum absolute atomic E-state index is 0.639. The zero-order valence-corrected chi connectivity index (χ0v) is 9.25. The van der Waals surface area contributed by atoms with E-state index in [4.69, 9.17) is 4.42 Å². The quantitative estimate of drug-likeness (QED) is 0.722. The first-order valence-electron chi connectivity index (χ1n) is 5.62. The third-order valence-corrected chi connectivity index (χ3v) is 2.54. The molecule has 0 saturated heterocycles. The Morgan fingerprint density at radius 3 is 2.86 bits per heavy atom. The summed E-state index contributed by atoms with van der Waals surface area (Å²) < 4.78 is 5.27. The number of hydrogen-bond donors (Lipinski definition) is 1. The van der Waals surface area contributed by atoms with E-state index in [-0.39, 0.29) is 0 Å². The van der Waals surface area contributed by atoms with Gasteiger partial charge in [-0.2, -0.15) is 0 Å². The van der Waals surface area contributed by atoms with Crippen LogP contribution in [0.4, 0.5) is 0 Å². The highest BCUT2D eigenvalue weighted by Gasteiger charge is 2.05. The van der Waals surface area contributed by atoms with Crippen LogP contribution in [-0.4, -0.2) is 6.04 Å². The Balaban J connectivity index is 2.20. The van der Waals surface area contributed by atoms with Gasteiger partial charge in [-0.25, -0.2) is 0 Å². The second-order valence-electron chi connectivity index (χ2n) is 3.71. The molecular formula is C12H21NO. The van der Waals surface area contributed by atoms with Crippen molar-refractivity contribution in [3.8, 4) is 0 Å². The molecule has 80 valence electrons. The molecule has 14 heavy (non-hydrogen) atoms. The molecule has 1 aromatic heterocycles. The van der Waals surface area contributed by atoms with Crippen molar-refractivity contribution in [2.45, 2.75) is 52.1 Å². The highest BCUT2D eigenvalue weighted by atomic mass is 16.3. The maximum Gasteiger partial charge on any atom is 0.117 e. The Hall–Kier alpha value is -0.760. The molecule has 0 aliphatic heterocycles. The van der Waals surface area contributed by atoms with Crippen LogP contribution in [0.2, 0.25) is 0 Å². The Kier molecular flexibility index (Phi) is 5.38. The maximum absolute atomic E-state index is 5.27. The van der Waals surface area contributed by atoms with E-state index < -0.39 is 0 Å². The van der Waals surface area contributed by atoms with E-state index in [2.05, 4.69) is 19.2 Å². The number of nitrogens with one attached hydrogen (secondary N) is 1. The van der Waals surface area contributed by atoms with Crippen molar-refractivity contribution in [1.82, 2.24) is 5.32 Å². The molecule has 2 heteroatoms. The van der Waals surface area contributed by atoms with Gasteiger partial charge in [0.1, 0.15) is 5.76 Å². The van der Waals surface area contributed by atoms with Crippen molar-refractivity contribution in [2.75, 3.05) is 0 Å². The average Bonchev–Trinajstić information content (AvgIpc) is 2.71. The topological polar surface area (TPSA) is 25.2 Å². The fraction of sp³-hybridized carbons (Fsp3) is 0.667. The van der Waals surface area contributed by atoms with E-state index in [9.17, 15) is 0 Å². The lowest BCUT2D eigenvalue weighted by Crippen LogP contribution is -2.27. The van der Waals surface area contributed by atoms with Gasteiger partial charge in [-0.1, -0.05) is 26.7 Å². The summed E-state index contributed by atoms with van der Waals surface area (Å²) in [6.45, 7) is 5.32. The highest BCUT2D eigenvalue weighted by Crippen LogP contribution is 2.06. The first-order valence-corrected chi connectivity index (χ1v) is 5.62. The van der Waals surface area contributed by atoms with Crippen LogP contribution in [0.25, 0.3) is 0 Å². The Bertz CT molecular complexity index is 218. The third kappa shape index (κ3) is 3.97. The van der Waals surface area contributed by atoms with Gasteiger partial charge in [0, 0.05) is 6.04 Å². The van der Waals surface area contributed by atoms with Gasteiger partial charge in [-0.15, -0.1) is 0 Å². The number of unbranched alkanes of at least 4 members (excludes halogenated alkanes) is 1. The first-order chi connectivity index (χ1) is 6.86. The van der Waals surface area contributed by atoms with Crippen molar-refractivity contribution in [1.29, 1.82) is 0 Å². The van der Waals surface area contributed by atoms with Gasteiger partial charge in [0.15, 0.2) is 0 Å². The van der Waals surface area contributed by atoms with E-state index >= 15 is 0 Å². The molecule has 2 nitrogen and oxygen atoms in total. The van der Waals surface area contributed by atoms with Gasteiger partial charge in [-0.3, -0.25) is 0 Å².